The van der Waals surface area contributed by atoms with Crippen molar-refractivity contribution < 1.29 is 13.9 Å². The van der Waals surface area contributed by atoms with Crippen LogP contribution in [0.4, 0.5) is 4.39 Å². The highest BCUT2D eigenvalue weighted by molar-refractivity contribution is 5.82. The van der Waals surface area contributed by atoms with Gasteiger partial charge in [-0.25, -0.2) is 9.18 Å². The summed E-state index contributed by atoms with van der Waals surface area (Å²) in [5, 5.41) is 3.22. The monoisotopic (exact) mass is 266 g/mol. The van der Waals surface area contributed by atoms with E-state index in [4.69, 9.17) is 4.74 Å². The maximum Gasteiger partial charge on any atom is 0.330 e. The van der Waals surface area contributed by atoms with E-state index in [1.807, 2.05) is 4.90 Å². The molecule has 0 aromatic heterocycles. The van der Waals surface area contributed by atoms with Crippen LogP contribution in [0.3, 0.4) is 0 Å². The van der Waals surface area contributed by atoms with Crippen molar-refractivity contribution in [3.8, 4) is 0 Å². The number of nitrogens with zero attached hydrogens (tertiary/aromatic N) is 1. The second kappa shape index (κ2) is 5.67. The predicted molar refractivity (Wildman–Crippen MR) is 70.2 cm³/mol. The quantitative estimate of drug-likeness (QED) is 0.832. The van der Waals surface area contributed by atoms with Crippen molar-refractivity contribution in [3.05, 3.63) is 35.6 Å². The molecule has 1 N–H and O–H groups in total. The molecule has 104 valence electrons. The first-order chi connectivity index (χ1) is 9.10. The maximum absolute atomic E-state index is 14.1. The third kappa shape index (κ3) is 2.48. The van der Waals surface area contributed by atoms with E-state index in [9.17, 15) is 9.18 Å². The Hall–Kier alpha value is -1.46. The summed E-state index contributed by atoms with van der Waals surface area (Å²) >= 11 is 0. The number of piperazine rings is 1. The minimum atomic E-state index is -1.08. The molecule has 0 aliphatic carbocycles. The molecule has 0 amide bonds. The second-order valence-electron chi connectivity index (χ2n) is 4.78. The minimum Gasteiger partial charge on any atom is -0.467 e. The first kappa shape index (κ1) is 14.0. The number of rotatable bonds is 3. The number of halogens is 1. The molecule has 1 heterocycles. The van der Waals surface area contributed by atoms with Gasteiger partial charge in [-0.15, -0.1) is 0 Å². The number of benzene rings is 1. The number of methoxy groups -OCH3 is 1. The molecule has 2 rings (SSSR count). The summed E-state index contributed by atoms with van der Waals surface area (Å²) < 4.78 is 19.0. The van der Waals surface area contributed by atoms with Gasteiger partial charge in [0.15, 0.2) is 0 Å². The van der Waals surface area contributed by atoms with Crippen LogP contribution in [0.1, 0.15) is 12.5 Å². The maximum atomic E-state index is 14.1. The van der Waals surface area contributed by atoms with Gasteiger partial charge in [-0.05, 0) is 13.0 Å². The lowest BCUT2D eigenvalue weighted by atomic mass is 9.89. The van der Waals surface area contributed by atoms with E-state index in [1.54, 1.807) is 25.1 Å². The lowest BCUT2D eigenvalue weighted by Gasteiger charge is -2.41. The van der Waals surface area contributed by atoms with Crippen LogP contribution in [-0.4, -0.2) is 44.2 Å². The molecule has 4 nitrogen and oxygen atoms in total. The van der Waals surface area contributed by atoms with Crippen LogP contribution in [-0.2, 0) is 15.1 Å². The molecule has 0 bridgehead atoms. The van der Waals surface area contributed by atoms with Gasteiger partial charge in [-0.2, -0.15) is 0 Å². The van der Waals surface area contributed by atoms with E-state index < -0.39 is 11.5 Å². The lowest BCUT2D eigenvalue weighted by molar-refractivity contribution is -0.156. The summed E-state index contributed by atoms with van der Waals surface area (Å²) in [6, 6.07) is 6.38. The molecule has 0 radical (unpaired) electrons. The molecule has 1 aliphatic heterocycles. The Bertz CT molecular complexity index is 461. The SMILES string of the molecule is COC(=O)C(C)(c1ccccc1F)N1CCNCC1. The van der Waals surface area contributed by atoms with Gasteiger partial charge in [0.05, 0.1) is 7.11 Å². The zero-order valence-electron chi connectivity index (χ0n) is 11.3. The second-order valence-corrected chi connectivity index (χ2v) is 4.78. The Kier molecular flexibility index (Phi) is 4.17. The van der Waals surface area contributed by atoms with Gasteiger partial charge in [-0.3, -0.25) is 4.90 Å². The summed E-state index contributed by atoms with van der Waals surface area (Å²) in [4.78, 5) is 14.2. The number of hydrogen-bond donors (Lipinski definition) is 1. The van der Waals surface area contributed by atoms with Crippen LogP contribution in [0.25, 0.3) is 0 Å². The molecule has 0 saturated carbocycles. The number of hydrogen-bond acceptors (Lipinski definition) is 4. The molecule has 1 aliphatic rings. The van der Waals surface area contributed by atoms with Crippen molar-refractivity contribution in [2.45, 2.75) is 12.5 Å². The van der Waals surface area contributed by atoms with E-state index in [-0.39, 0.29) is 5.82 Å². The van der Waals surface area contributed by atoms with Crippen molar-refractivity contribution in [3.63, 3.8) is 0 Å². The van der Waals surface area contributed by atoms with Crippen LogP contribution in [0.5, 0.6) is 0 Å². The van der Waals surface area contributed by atoms with Gasteiger partial charge >= 0.3 is 5.97 Å². The van der Waals surface area contributed by atoms with Gasteiger partial charge in [-0.1, -0.05) is 18.2 Å². The average Bonchev–Trinajstić information content (AvgIpc) is 2.47. The first-order valence-electron chi connectivity index (χ1n) is 6.40. The molecule has 1 saturated heterocycles. The summed E-state index contributed by atoms with van der Waals surface area (Å²) in [5.41, 5.74) is -0.717. The molecule has 1 aromatic rings. The van der Waals surface area contributed by atoms with E-state index >= 15 is 0 Å². The Morgan fingerprint density at radius 3 is 2.58 bits per heavy atom. The highest BCUT2D eigenvalue weighted by Gasteiger charge is 2.44. The van der Waals surface area contributed by atoms with E-state index in [0.717, 1.165) is 13.1 Å². The largest absolute Gasteiger partial charge is 0.467 e. The predicted octanol–water partition coefficient (Wildman–Crippen LogP) is 1.12. The van der Waals surface area contributed by atoms with Crippen LogP contribution < -0.4 is 5.32 Å². The fourth-order valence-corrected chi connectivity index (χ4v) is 2.58. The molecular weight excluding hydrogens is 247 g/mol. The van der Waals surface area contributed by atoms with Crippen LogP contribution in [0.2, 0.25) is 0 Å². The number of ether oxygens (including phenoxy) is 1. The van der Waals surface area contributed by atoms with Crippen molar-refractivity contribution in [2.24, 2.45) is 0 Å². The summed E-state index contributed by atoms with van der Waals surface area (Å²) in [6.07, 6.45) is 0. The van der Waals surface area contributed by atoms with Crippen molar-refractivity contribution >= 4 is 5.97 Å². The van der Waals surface area contributed by atoms with Gasteiger partial charge < -0.3 is 10.1 Å². The third-order valence-electron chi connectivity index (χ3n) is 3.73. The average molecular weight is 266 g/mol. The molecule has 1 atom stereocenters. The van der Waals surface area contributed by atoms with Crippen molar-refractivity contribution in [1.82, 2.24) is 10.2 Å². The molecular formula is C14H19FN2O2. The smallest absolute Gasteiger partial charge is 0.330 e. The molecule has 0 spiro atoms. The molecule has 19 heavy (non-hydrogen) atoms. The highest BCUT2D eigenvalue weighted by atomic mass is 19.1. The minimum absolute atomic E-state index is 0.365. The Morgan fingerprint density at radius 1 is 1.37 bits per heavy atom. The highest BCUT2D eigenvalue weighted by Crippen LogP contribution is 2.31. The van der Waals surface area contributed by atoms with E-state index in [0.29, 0.717) is 18.7 Å². The van der Waals surface area contributed by atoms with E-state index in [2.05, 4.69) is 5.32 Å². The van der Waals surface area contributed by atoms with Gasteiger partial charge in [0.2, 0.25) is 0 Å². The zero-order chi connectivity index (χ0) is 13.9. The van der Waals surface area contributed by atoms with Crippen molar-refractivity contribution in [1.29, 1.82) is 0 Å². The number of esters is 1. The summed E-state index contributed by atoms with van der Waals surface area (Å²) in [7, 11) is 1.34. The van der Waals surface area contributed by atoms with Crippen LogP contribution in [0.15, 0.2) is 24.3 Å². The standard InChI is InChI=1S/C14H19FN2O2/c1-14(13(18)19-2,17-9-7-16-8-10-17)11-5-3-4-6-12(11)15/h3-6,16H,7-10H2,1-2H3. The fourth-order valence-electron chi connectivity index (χ4n) is 2.58. The van der Waals surface area contributed by atoms with Crippen LogP contribution in [0, 0.1) is 5.82 Å². The van der Waals surface area contributed by atoms with Crippen LogP contribution >= 0.6 is 0 Å². The first-order valence-corrected chi connectivity index (χ1v) is 6.40. The molecule has 5 heteroatoms. The Morgan fingerprint density at radius 2 is 2.00 bits per heavy atom. The van der Waals surface area contributed by atoms with Gasteiger partial charge in [0.25, 0.3) is 0 Å². The third-order valence-corrected chi connectivity index (χ3v) is 3.73. The van der Waals surface area contributed by atoms with E-state index in [1.165, 1.54) is 13.2 Å². The Balaban J connectivity index is 2.45. The zero-order valence-corrected chi connectivity index (χ0v) is 11.3. The number of nitrogens with one attached hydrogen (secondary N) is 1. The molecule has 1 fully saturated rings. The van der Waals surface area contributed by atoms with Crippen molar-refractivity contribution in [2.75, 3.05) is 33.3 Å². The van der Waals surface area contributed by atoms with Gasteiger partial charge in [0, 0.05) is 31.7 Å². The topological polar surface area (TPSA) is 41.6 Å². The summed E-state index contributed by atoms with van der Waals surface area (Å²) in [5.74, 6) is -0.812. The molecule has 1 unspecified atom stereocenters. The normalized spacial score (nSPS) is 19.7. The fraction of sp³-hybridized carbons (Fsp3) is 0.500. The number of carbonyl (C=O) groups excluding carboxylic acids is 1. The molecule has 1 aromatic carbocycles. The number of carbonyl (C=O) groups is 1. The lowest BCUT2D eigenvalue weighted by Crippen LogP contribution is -2.57. The summed E-state index contributed by atoms with van der Waals surface area (Å²) in [6.45, 7) is 4.64. The van der Waals surface area contributed by atoms with Gasteiger partial charge in [0.1, 0.15) is 11.4 Å². The Labute approximate surface area is 112 Å².